The van der Waals surface area contributed by atoms with Gasteiger partial charge in [-0.25, -0.2) is 4.79 Å². The molecule has 5 nitrogen and oxygen atoms in total. The molecule has 0 aliphatic carbocycles. The second kappa shape index (κ2) is 5.69. The van der Waals surface area contributed by atoms with Crippen molar-refractivity contribution >= 4 is 23.9 Å². The van der Waals surface area contributed by atoms with E-state index >= 15 is 0 Å². The maximum Gasteiger partial charge on any atom is 0.328 e. The number of likely N-dealkylation sites (tertiary alicyclic amines) is 1. The summed E-state index contributed by atoms with van der Waals surface area (Å²) in [5, 5.41) is 8.59. The van der Waals surface area contributed by atoms with Crippen molar-refractivity contribution in [3.63, 3.8) is 0 Å². The zero-order valence-corrected chi connectivity index (χ0v) is 11.1. The molecule has 0 spiro atoms. The lowest BCUT2D eigenvalue weighted by Gasteiger charge is -2.14. The van der Waals surface area contributed by atoms with Crippen LogP contribution in [0.4, 0.5) is 0 Å². The van der Waals surface area contributed by atoms with E-state index in [9.17, 15) is 14.4 Å². The lowest BCUT2D eigenvalue weighted by Crippen LogP contribution is -2.29. The Morgan fingerprint density at radius 1 is 1.45 bits per heavy atom. The molecular weight excluding hydrogens is 258 g/mol. The van der Waals surface area contributed by atoms with Crippen LogP contribution >= 0.6 is 0 Å². The third kappa shape index (κ3) is 3.12. The summed E-state index contributed by atoms with van der Waals surface area (Å²) < 4.78 is 0. The highest BCUT2D eigenvalue weighted by Gasteiger charge is 2.35. The van der Waals surface area contributed by atoms with Gasteiger partial charge < -0.3 is 5.11 Å². The molecule has 1 heterocycles. The minimum absolute atomic E-state index is 0.151. The summed E-state index contributed by atoms with van der Waals surface area (Å²) in [4.78, 5) is 35.3. The first kappa shape index (κ1) is 14.0. The largest absolute Gasteiger partial charge is 0.478 e. The second-order valence-corrected chi connectivity index (χ2v) is 4.84. The van der Waals surface area contributed by atoms with Crippen molar-refractivity contribution in [3.8, 4) is 0 Å². The predicted octanol–water partition coefficient (Wildman–Crippen LogP) is 1.68. The Balaban J connectivity index is 2.14. The van der Waals surface area contributed by atoms with Crippen molar-refractivity contribution < 1.29 is 19.5 Å². The number of benzene rings is 1. The molecule has 1 unspecified atom stereocenters. The molecule has 1 aromatic carbocycles. The fourth-order valence-corrected chi connectivity index (χ4v) is 2.16. The highest BCUT2D eigenvalue weighted by molar-refractivity contribution is 6.03. The van der Waals surface area contributed by atoms with Crippen molar-refractivity contribution in [1.29, 1.82) is 0 Å². The van der Waals surface area contributed by atoms with E-state index in [1.54, 1.807) is 25.1 Å². The summed E-state index contributed by atoms with van der Waals surface area (Å²) in [6.07, 6.45) is 2.78. The Hall–Kier alpha value is -2.43. The van der Waals surface area contributed by atoms with Gasteiger partial charge in [-0.3, -0.25) is 14.5 Å². The average Bonchev–Trinajstić information content (AvgIpc) is 2.64. The highest BCUT2D eigenvalue weighted by Crippen LogP contribution is 2.21. The lowest BCUT2D eigenvalue weighted by atomic mass is 10.1. The molecule has 1 aliphatic heterocycles. The summed E-state index contributed by atoms with van der Waals surface area (Å²) in [5.74, 6) is -1.58. The summed E-state index contributed by atoms with van der Waals surface area (Å²) >= 11 is 0. The Bertz CT molecular complexity index is 591. The number of carboxylic acids is 1. The van der Waals surface area contributed by atoms with E-state index < -0.39 is 5.97 Å². The number of carbonyl (C=O) groups excluding carboxylic acids is 2. The van der Waals surface area contributed by atoms with Gasteiger partial charge in [0.25, 0.3) is 0 Å². The van der Waals surface area contributed by atoms with Crippen LogP contribution in [0.2, 0.25) is 0 Å². The van der Waals surface area contributed by atoms with Crippen LogP contribution in [0, 0.1) is 5.92 Å². The topological polar surface area (TPSA) is 74.7 Å². The van der Waals surface area contributed by atoms with Crippen LogP contribution in [-0.4, -0.2) is 27.8 Å². The van der Waals surface area contributed by atoms with Crippen LogP contribution in [0.25, 0.3) is 6.08 Å². The number of aliphatic carboxylic acids is 1. The maximum atomic E-state index is 11.8. The number of hydrogen-bond acceptors (Lipinski definition) is 3. The molecule has 0 aromatic heterocycles. The summed E-state index contributed by atoms with van der Waals surface area (Å²) in [6, 6.07) is 7.11. The third-order valence-electron chi connectivity index (χ3n) is 3.18. The van der Waals surface area contributed by atoms with Crippen molar-refractivity contribution in [2.75, 3.05) is 0 Å². The fraction of sp³-hybridized carbons (Fsp3) is 0.267. The molecule has 0 radical (unpaired) electrons. The lowest BCUT2D eigenvalue weighted by molar-refractivity contribution is -0.140. The first-order valence-corrected chi connectivity index (χ1v) is 6.31. The van der Waals surface area contributed by atoms with Crippen LogP contribution in [0.5, 0.6) is 0 Å². The first-order chi connectivity index (χ1) is 9.47. The van der Waals surface area contributed by atoms with Crippen molar-refractivity contribution in [2.45, 2.75) is 19.9 Å². The molecule has 5 heteroatoms. The number of nitrogens with zero attached hydrogens (tertiary/aromatic N) is 1. The molecule has 1 saturated heterocycles. The van der Waals surface area contributed by atoms with Gasteiger partial charge in [0, 0.05) is 18.4 Å². The van der Waals surface area contributed by atoms with Gasteiger partial charge in [-0.1, -0.05) is 25.1 Å². The SMILES string of the molecule is CC1CC(=O)N(Cc2cccc(/C=C/C(=O)O)c2)C1=O. The minimum Gasteiger partial charge on any atom is -0.478 e. The molecule has 1 atom stereocenters. The van der Waals surface area contributed by atoms with Crippen LogP contribution < -0.4 is 0 Å². The third-order valence-corrected chi connectivity index (χ3v) is 3.18. The van der Waals surface area contributed by atoms with E-state index in [-0.39, 0.29) is 30.7 Å². The van der Waals surface area contributed by atoms with Gasteiger partial charge in [0.05, 0.1) is 6.54 Å². The summed E-state index contributed by atoms with van der Waals surface area (Å²) in [5.41, 5.74) is 1.52. The Morgan fingerprint density at radius 2 is 2.20 bits per heavy atom. The van der Waals surface area contributed by atoms with Gasteiger partial charge in [-0.05, 0) is 23.3 Å². The number of hydrogen-bond donors (Lipinski definition) is 1. The van der Waals surface area contributed by atoms with Gasteiger partial charge in [0.1, 0.15) is 0 Å². The average molecular weight is 273 g/mol. The zero-order valence-electron chi connectivity index (χ0n) is 11.1. The zero-order chi connectivity index (χ0) is 14.7. The van der Waals surface area contributed by atoms with E-state index in [0.29, 0.717) is 0 Å². The van der Waals surface area contributed by atoms with E-state index in [4.69, 9.17) is 5.11 Å². The monoisotopic (exact) mass is 273 g/mol. The standard InChI is InChI=1S/C15H15NO4/c1-10-7-13(17)16(15(10)20)9-12-4-2-3-11(8-12)5-6-14(18)19/h2-6,8,10H,7,9H2,1H3,(H,18,19)/b6-5+. The number of carboxylic acid groups (broad SMARTS) is 1. The molecular formula is C15H15NO4. The van der Waals surface area contributed by atoms with E-state index in [1.165, 1.54) is 11.0 Å². The van der Waals surface area contributed by atoms with Crippen molar-refractivity contribution in [2.24, 2.45) is 5.92 Å². The van der Waals surface area contributed by atoms with Crippen LogP contribution in [0.1, 0.15) is 24.5 Å². The quantitative estimate of drug-likeness (QED) is 0.669. The number of imide groups is 1. The van der Waals surface area contributed by atoms with Crippen molar-refractivity contribution in [1.82, 2.24) is 4.90 Å². The molecule has 0 saturated carbocycles. The Labute approximate surface area is 116 Å². The van der Waals surface area contributed by atoms with Crippen molar-refractivity contribution in [3.05, 3.63) is 41.5 Å². The molecule has 104 valence electrons. The number of carbonyl (C=O) groups is 3. The van der Waals surface area contributed by atoms with E-state index in [2.05, 4.69) is 0 Å². The number of rotatable bonds is 4. The fourth-order valence-electron chi connectivity index (χ4n) is 2.16. The van der Waals surface area contributed by atoms with Gasteiger partial charge in [0.15, 0.2) is 0 Å². The first-order valence-electron chi connectivity index (χ1n) is 6.31. The van der Waals surface area contributed by atoms with Gasteiger partial charge in [-0.2, -0.15) is 0 Å². The molecule has 1 N–H and O–H groups in total. The minimum atomic E-state index is -1.02. The Morgan fingerprint density at radius 3 is 2.80 bits per heavy atom. The van der Waals surface area contributed by atoms with Gasteiger partial charge >= 0.3 is 5.97 Å². The predicted molar refractivity (Wildman–Crippen MR) is 72.4 cm³/mol. The van der Waals surface area contributed by atoms with Crippen LogP contribution in [0.3, 0.4) is 0 Å². The second-order valence-electron chi connectivity index (χ2n) is 4.84. The molecule has 20 heavy (non-hydrogen) atoms. The smallest absolute Gasteiger partial charge is 0.328 e. The summed E-state index contributed by atoms with van der Waals surface area (Å²) in [7, 11) is 0. The Kier molecular flexibility index (Phi) is 3.98. The van der Waals surface area contributed by atoms with E-state index in [1.807, 2.05) is 6.07 Å². The summed E-state index contributed by atoms with van der Waals surface area (Å²) in [6.45, 7) is 1.98. The van der Waals surface area contributed by atoms with E-state index in [0.717, 1.165) is 17.2 Å². The molecule has 0 bridgehead atoms. The van der Waals surface area contributed by atoms with Gasteiger partial charge in [0.2, 0.25) is 11.8 Å². The van der Waals surface area contributed by atoms with Crippen LogP contribution in [-0.2, 0) is 20.9 Å². The molecule has 1 aliphatic rings. The highest BCUT2D eigenvalue weighted by atomic mass is 16.4. The van der Waals surface area contributed by atoms with Gasteiger partial charge in [-0.15, -0.1) is 0 Å². The molecule has 2 amide bonds. The molecule has 1 aromatic rings. The maximum absolute atomic E-state index is 11.8. The van der Waals surface area contributed by atoms with Crippen LogP contribution in [0.15, 0.2) is 30.3 Å². The molecule has 1 fully saturated rings. The molecule has 2 rings (SSSR count). The number of amides is 2. The normalized spacial score (nSPS) is 19.1.